The SMILES string of the molecule is FC(=C(C(F)(F)F)C(F)(F)F)N1CCCCC1. The first kappa shape index (κ1) is 14.1. The number of piperidine rings is 1. The molecule has 8 heteroatoms. The highest BCUT2D eigenvalue weighted by molar-refractivity contribution is 5.19. The van der Waals surface area contributed by atoms with Crippen molar-refractivity contribution in [3.05, 3.63) is 11.5 Å². The molecule has 0 atom stereocenters. The Morgan fingerprint density at radius 1 is 0.765 bits per heavy atom. The molecule has 0 aromatic rings. The Labute approximate surface area is 92.9 Å². The fourth-order valence-electron chi connectivity index (χ4n) is 1.64. The summed E-state index contributed by atoms with van der Waals surface area (Å²) in [5.74, 6) is -2.22. The Hall–Kier alpha value is -0.950. The van der Waals surface area contributed by atoms with Crippen molar-refractivity contribution in [1.29, 1.82) is 0 Å². The zero-order valence-corrected chi connectivity index (χ0v) is 8.63. The normalized spacial score (nSPS) is 18.2. The zero-order valence-electron chi connectivity index (χ0n) is 8.63. The molecule has 0 N–H and O–H groups in total. The maximum Gasteiger partial charge on any atom is 0.425 e. The number of rotatable bonds is 1. The lowest BCUT2D eigenvalue weighted by molar-refractivity contribution is -0.176. The van der Waals surface area contributed by atoms with Crippen molar-refractivity contribution in [3.8, 4) is 0 Å². The summed E-state index contributed by atoms with van der Waals surface area (Å²) in [4.78, 5) is 0.500. The van der Waals surface area contributed by atoms with Gasteiger partial charge in [0.2, 0.25) is 5.95 Å². The third-order valence-electron chi connectivity index (χ3n) is 2.41. The maximum atomic E-state index is 13.3. The van der Waals surface area contributed by atoms with E-state index in [4.69, 9.17) is 0 Å². The molecule has 0 aromatic heterocycles. The molecule has 17 heavy (non-hydrogen) atoms. The first-order valence-corrected chi connectivity index (χ1v) is 4.93. The average molecular weight is 265 g/mol. The molecule has 0 amide bonds. The van der Waals surface area contributed by atoms with Crippen LogP contribution in [0.1, 0.15) is 19.3 Å². The van der Waals surface area contributed by atoms with Crippen molar-refractivity contribution in [2.45, 2.75) is 31.6 Å². The molecule has 1 fully saturated rings. The van der Waals surface area contributed by atoms with Crippen molar-refractivity contribution in [2.75, 3.05) is 13.1 Å². The van der Waals surface area contributed by atoms with E-state index in [1.807, 2.05) is 0 Å². The molecule has 0 aliphatic carbocycles. The Morgan fingerprint density at radius 3 is 1.53 bits per heavy atom. The van der Waals surface area contributed by atoms with Gasteiger partial charge in [-0.15, -0.1) is 0 Å². The van der Waals surface area contributed by atoms with Crippen LogP contribution in [0.15, 0.2) is 11.5 Å². The van der Waals surface area contributed by atoms with Gasteiger partial charge in [-0.1, -0.05) is 0 Å². The number of hydrogen-bond donors (Lipinski definition) is 0. The lowest BCUT2D eigenvalue weighted by atomic mass is 10.1. The molecule has 1 nitrogen and oxygen atoms in total. The second kappa shape index (κ2) is 4.73. The number of likely N-dealkylation sites (tertiary alicyclic amines) is 1. The lowest BCUT2D eigenvalue weighted by Crippen LogP contribution is -2.35. The first-order chi connectivity index (χ1) is 7.64. The zero-order chi connectivity index (χ0) is 13.3. The maximum absolute atomic E-state index is 13.3. The van der Waals surface area contributed by atoms with Crippen molar-refractivity contribution >= 4 is 0 Å². The van der Waals surface area contributed by atoms with E-state index >= 15 is 0 Å². The molecule has 1 rings (SSSR count). The third kappa shape index (κ3) is 3.50. The molecule has 0 radical (unpaired) electrons. The summed E-state index contributed by atoms with van der Waals surface area (Å²) in [6, 6.07) is 0. The fourth-order valence-corrected chi connectivity index (χ4v) is 1.64. The molecular weight excluding hydrogens is 255 g/mol. The molecule has 0 spiro atoms. The monoisotopic (exact) mass is 265 g/mol. The molecule has 1 heterocycles. The van der Waals surface area contributed by atoms with Crippen LogP contribution in [-0.2, 0) is 0 Å². The molecule has 1 saturated heterocycles. The topological polar surface area (TPSA) is 3.24 Å². The Kier molecular flexibility index (Phi) is 3.93. The molecule has 0 unspecified atom stereocenters. The predicted octanol–water partition coefficient (Wildman–Crippen LogP) is 3.78. The minimum atomic E-state index is -5.74. The quantitative estimate of drug-likeness (QED) is 0.515. The summed E-state index contributed by atoms with van der Waals surface area (Å²) in [6.45, 7) is -0.247. The van der Waals surface area contributed by atoms with Crippen molar-refractivity contribution in [2.24, 2.45) is 0 Å². The second-order valence-corrected chi connectivity index (χ2v) is 3.71. The van der Waals surface area contributed by atoms with E-state index in [9.17, 15) is 30.7 Å². The van der Waals surface area contributed by atoms with Crippen molar-refractivity contribution in [1.82, 2.24) is 4.90 Å². The molecular formula is C9H10F7N. The van der Waals surface area contributed by atoms with Crippen LogP contribution in [0.25, 0.3) is 0 Å². The highest BCUT2D eigenvalue weighted by Crippen LogP contribution is 2.42. The van der Waals surface area contributed by atoms with Crippen LogP contribution in [0, 0.1) is 0 Å². The van der Waals surface area contributed by atoms with Crippen LogP contribution in [0.2, 0.25) is 0 Å². The van der Waals surface area contributed by atoms with Crippen LogP contribution < -0.4 is 0 Å². The van der Waals surface area contributed by atoms with E-state index in [0.717, 1.165) is 0 Å². The predicted molar refractivity (Wildman–Crippen MR) is 45.7 cm³/mol. The number of hydrogen-bond acceptors (Lipinski definition) is 1. The largest absolute Gasteiger partial charge is 0.425 e. The smallest absolute Gasteiger partial charge is 0.348 e. The molecule has 0 saturated carbocycles. The minimum Gasteiger partial charge on any atom is -0.348 e. The van der Waals surface area contributed by atoms with Gasteiger partial charge in [-0.3, -0.25) is 0 Å². The van der Waals surface area contributed by atoms with Gasteiger partial charge < -0.3 is 4.90 Å². The van der Waals surface area contributed by atoms with Crippen LogP contribution in [0.4, 0.5) is 30.7 Å². The fraction of sp³-hybridized carbons (Fsp3) is 0.778. The van der Waals surface area contributed by atoms with Crippen LogP contribution in [0.3, 0.4) is 0 Å². The Balaban J connectivity index is 3.09. The number of alkyl halides is 6. The minimum absolute atomic E-state index is 0.124. The van der Waals surface area contributed by atoms with Gasteiger partial charge in [-0.2, -0.15) is 30.7 Å². The van der Waals surface area contributed by atoms with Gasteiger partial charge in [-0.05, 0) is 19.3 Å². The van der Waals surface area contributed by atoms with Crippen molar-refractivity contribution in [3.63, 3.8) is 0 Å². The summed E-state index contributed by atoms with van der Waals surface area (Å²) in [6.07, 6.45) is -10.0. The van der Waals surface area contributed by atoms with Gasteiger partial charge in [0.05, 0.1) is 0 Å². The molecule has 1 aliphatic heterocycles. The lowest BCUT2D eigenvalue weighted by Gasteiger charge is -2.29. The molecule has 100 valence electrons. The van der Waals surface area contributed by atoms with E-state index in [1.165, 1.54) is 0 Å². The Bertz CT molecular complexity index is 279. The molecule has 1 aliphatic rings. The summed E-state index contributed by atoms with van der Waals surface area (Å²) in [5, 5.41) is 0. The molecule has 0 aromatic carbocycles. The summed E-state index contributed by atoms with van der Waals surface area (Å²) >= 11 is 0. The van der Waals surface area contributed by atoms with E-state index in [0.29, 0.717) is 24.2 Å². The second-order valence-electron chi connectivity index (χ2n) is 3.71. The van der Waals surface area contributed by atoms with Crippen LogP contribution in [-0.4, -0.2) is 30.3 Å². The van der Waals surface area contributed by atoms with Gasteiger partial charge in [-0.25, -0.2) is 0 Å². The van der Waals surface area contributed by atoms with E-state index in [1.54, 1.807) is 0 Å². The van der Waals surface area contributed by atoms with Gasteiger partial charge in [0.1, 0.15) is 0 Å². The van der Waals surface area contributed by atoms with E-state index in [-0.39, 0.29) is 13.1 Å². The number of allylic oxidation sites excluding steroid dienone is 1. The summed E-state index contributed by atoms with van der Waals surface area (Å²) in [5.41, 5.74) is -3.05. The standard InChI is InChI=1S/C9H10F7N/c10-7(17-4-2-1-3-5-17)6(8(11,12)13)9(14,15)16/h1-5H2. The highest BCUT2D eigenvalue weighted by atomic mass is 19.4. The van der Waals surface area contributed by atoms with Gasteiger partial charge in [0.25, 0.3) is 0 Å². The van der Waals surface area contributed by atoms with Gasteiger partial charge >= 0.3 is 12.4 Å². The van der Waals surface area contributed by atoms with Crippen LogP contribution >= 0.6 is 0 Å². The van der Waals surface area contributed by atoms with E-state index < -0.39 is 23.9 Å². The number of nitrogens with zero attached hydrogens (tertiary/aromatic N) is 1. The van der Waals surface area contributed by atoms with E-state index in [2.05, 4.69) is 0 Å². The van der Waals surface area contributed by atoms with Gasteiger partial charge in [0.15, 0.2) is 5.57 Å². The Morgan fingerprint density at radius 2 is 1.18 bits per heavy atom. The summed E-state index contributed by atoms with van der Waals surface area (Å²) in [7, 11) is 0. The number of halogens is 7. The summed E-state index contributed by atoms with van der Waals surface area (Å²) < 4.78 is 86.4. The third-order valence-corrected chi connectivity index (χ3v) is 2.41. The molecule has 0 bridgehead atoms. The highest BCUT2D eigenvalue weighted by Gasteiger charge is 2.54. The van der Waals surface area contributed by atoms with Crippen molar-refractivity contribution < 1.29 is 30.7 Å². The average Bonchev–Trinajstić information content (AvgIpc) is 2.14. The first-order valence-electron chi connectivity index (χ1n) is 4.93. The van der Waals surface area contributed by atoms with Gasteiger partial charge in [0, 0.05) is 13.1 Å². The van der Waals surface area contributed by atoms with Crippen LogP contribution in [0.5, 0.6) is 0 Å².